The van der Waals surface area contributed by atoms with Crippen LogP contribution in [0.15, 0.2) is 27.2 Å². The number of benzene rings is 1. The highest BCUT2D eigenvalue weighted by atomic mass is 19.4. The van der Waals surface area contributed by atoms with Crippen molar-refractivity contribution >= 4 is 23.0 Å². The third-order valence-corrected chi connectivity index (χ3v) is 7.70. The van der Waals surface area contributed by atoms with Crippen molar-refractivity contribution in [1.82, 2.24) is 30.8 Å². The van der Waals surface area contributed by atoms with E-state index in [2.05, 4.69) is 20.6 Å². The Bertz CT molecular complexity index is 1420. The van der Waals surface area contributed by atoms with Gasteiger partial charge in [-0.15, -0.1) is 0 Å². The first-order chi connectivity index (χ1) is 19.0. The molecule has 15 heteroatoms. The van der Waals surface area contributed by atoms with Crippen LogP contribution in [-0.4, -0.2) is 56.8 Å². The molecule has 3 fully saturated rings. The number of nitrogens with one attached hydrogen (secondary N) is 2. The molecule has 0 radical (unpaired) electrons. The van der Waals surface area contributed by atoms with E-state index >= 15 is 0 Å². The number of amides is 3. The number of fused-ring (bicyclic) bond motifs is 1. The minimum Gasteiger partial charge on any atom is -0.438 e. The van der Waals surface area contributed by atoms with Gasteiger partial charge in [-0.25, -0.2) is 23.2 Å². The van der Waals surface area contributed by atoms with Crippen molar-refractivity contribution in [1.29, 1.82) is 0 Å². The third kappa shape index (κ3) is 5.32. The highest BCUT2D eigenvalue weighted by Gasteiger charge is 2.47. The molecule has 2 N–H and O–H groups in total. The van der Waals surface area contributed by atoms with Crippen LogP contribution in [0.3, 0.4) is 0 Å². The molecule has 40 heavy (non-hydrogen) atoms. The van der Waals surface area contributed by atoms with Crippen LogP contribution in [0, 0.1) is 5.92 Å². The number of rotatable bonds is 7. The standard InChI is InChI=1S/C25H25F5N6O4/c26-24(27)7-5-14(6-8-24)19(33-21(37)20-18(13-2-3-13)34-40-35-20)22-31-15-9-12(1-4-16(15)39-22)10-36-11-17(25(28,29)30)32-23(36)38/h1,4,9,13-14,17,19H,2-3,5-8,10-11H2,(H,32,38)(H,33,37)/t17-,19-/m0/s1. The largest absolute Gasteiger partial charge is 0.438 e. The number of nitrogens with zero attached hydrogens (tertiary/aromatic N) is 4. The number of halogens is 5. The lowest BCUT2D eigenvalue weighted by atomic mass is 9.82. The van der Waals surface area contributed by atoms with Crippen molar-refractivity contribution in [3.8, 4) is 0 Å². The Morgan fingerprint density at radius 1 is 1.18 bits per heavy atom. The summed E-state index contributed by atoms with van der Waals surface area (Å²) in [5.74, 6) is -3.56. The van der Waals surface area contributed by atoms with E-state index in [0.717, 1.165) is 17.7 Å². The summed E-state index contributed by atoms with van der Waals surface area (Å²) < 4.78 is 77.6. The van der Waals surface area contributed by atoms with E-state index in [9.17, 15) is 31.5 Å². The van der Waals surface area contributed by atoms with Gasteiger partial charge in [0.2, 0.25) is 11.8 Å². The fourth-order valence-electron chi connectivity index (χ4n) is 5.32. The molecule has 2 atom stereocenters. The van der Waals surface area contributed by atoms with Gasteiger partial charge in [0.05, 0.1) is 6.54 Å². The van der Waals surface area contributed by atoms with Crippen molar-refractivity contribution in [2.24, 2.45) is 5.92 Å². The summed E-state index contributed by atoms with van der Waals surface area (Å²) in [4.78, 5) is 30.8. The maximum absolute atomic E-state index is 13.9. The third-order valence-electron chi connectivity index (χ3n) is 7.70. The number of carbonyl (C=O) groups excluding carboxylic acids is 2. The maximum Gasteiger partial charge on any atom is 0.410 e. The van der Waals surface area contributed by atoms with Crippen molar-refractivity contribution in [3.05, 3.63) is 41.0 Å². The molecule has 2 aliphatic carbocycles. The zero-order chi connectivity index (χ0) is 28.2. The van der Waals surface area contributed by atoms with E-state index in [1.54, 1.807) is 18.2 Å². The van der Waals surface area contributed by atoms with Gasteiger partial charge in [0.25, 0.3) is 5.91 Å². The molecule has 3 aliphatic rings. The van der Waals surface area contributed by atoms with Gasteiger partial charge in [0, 0.05) is 25.3 Å². The highest BCUT2D eigenvalue weighted by molar-refractivity contribution is 5.93. The first-order valence-corrected chi connectivity index (χ1v) is 13.0. The fourth-order valence-corrected chi connectivity index (χ4v) is 5.32. The Labute approximate surface area is 223 Å². The SMILES string of the molecule is O=C(N[C@H](c1nc2cc(CN3C[C@@H](C(F)(F)F)NC3=O)ccc2o1)C1CCC(F)(F)CC1)c1nonc1C1CC1. The van der Waals surface area contributed by atoms with Crippen LogP contribution in [0.5, 0.6) is 0 Å². The van der Waals surface area contributed by atoms with E-state index in [1.807, 2.05) is 5.32 Å². The molecule has 3 amide bonds. The first kappa shape index (κ1) is 26.4. The number of hydrogen-bond donors (Lipinski definition) is 2. The number of carbonyl (C=O) groups is 2. The van der Waals surface area contributed by atoms with Crippen LogP contribution >= 0.6 is 0 Å². The van der Waals surface area contributed by atoms with E-state index in [-0.39, 0.29) is 49.7 Å². The van der Waals surface area contributed by atoms with Crippen LogP contribution in [0.25, 0.3) is 11.1 Å². The molecule has 0 spiro atoms. The monoisotopic (exact) mass is 568 g/mol. The molecule has 3 heterocycles. The van der Waals surface area contributed by atoms with Crippen molar-refractivity contribution in [2.45, 2.75) is 75.2 Å². The molecule has 10 nitrogen and oxygen atoms in total. The smallest absolute Gasteiger partial charge is 0.410 e. The van der Waals surface area contributed by atoms with E-state index in [0.29, 0.717) is 22.4 Å². The predicted molar refractivity (Wildman–Crippen MR) is 126 cm³/mol. The molecule has 6 rings (SSSR count). The van der Waals surface area contributed by atoms with E-state index < -0.39 is 48.6 Å². The molecule has 214 valence electrons. The summed E-state index contributed by atoms with van der Waals surface area (Å²) in [7, 11) is 0. The zero-order valence-electron chi connectivity index (χ0n) is 21.0. The fraction of sp³-hybridized carbons (Fsp3) is 0.560. The van der Waals surface area contributed by atoms with Crippen molar-refractivity contribution in [3.63, 3.8) is 0 Å². The zero-order valence-corrected chi connectivity index (χ0v) is 21.0. The van der Waals surface area contributed by atoms with Gasteiger partial charge < -0.3 is 20.0 Å². The predicted octanol–water partition coefficient (Wildman–Crippen LogP) is 4.84. The molecule has 1 saturated heterocycles. The number of urea groups is 1. The number of hydrogen-bond acceptors (Lipinski definition) is 7. The average Bonchev–Trinajstić information content (AvgIpc) is 3.28. The molecule has 1 aromatic carbocycles. The molecule has 0 bridgehead atoms. The lowest BCUT2D eigenvalue weighted by Gasteiger charge is -2.32. The second-order valence-corrected chi connectivity index (χ2v) is 10.7. The Kier molecular flexibility index (Phi) is 6.41. The molecular formula is C25H25F5N6O4. The second-order valence-electron chi connectivity index (χ2n) is 10.7. The lowest BCUT2D eigenvalue weighted by Crippen LogP contribution is -2.40. The second kappa shape index (κ2) is 9.70. The quantitative estimate of drug-likeness (QED) is 0.391. The minimum absolute atomic E-state index is 0.0353. The van der Waals surface area contributed by atoms with Crippen LogP contribution in [0.2, 0.25) is 0 Å². The Balaban J connectivity index is 1.24. The highest BCUT2D eigenvalue weighted by Crippen LogP contribution is 2.43. The molecular weight excluding hydrogens is 543 g/mol. The Morgan fingerprint density at radius 3 is 2.60 bits per heavy atom. The molecule has 2 saturated carbocycles. The summed E-state index contributed by atoms with van der Waals surface area (Å²) >= 11 is 0. The average molecular weight is 569 g/mol. The minimum atomic E-state index is -4.56. The molecule has 2 aromatic heterocycles. The van der Waals surface area contributed by atoms with Crippen LogP contribution in [-0.2, 0) is 6.54 Å². The van der Waals surface area contributed by atoms with Crippen molar-refractivity contribution in [2.75, 3.05) is 6.54 Å². The van der Waals surface area contributed by atoms with Gasteiger partial charge in [0.15, 0.2) is 11.3 Å². The van der Waals surface area contributed by atoms with Gasteiger partial charge in [-0.2, -0.15) is 13.2 Å². The van der Waals surface area contributed by atoms with E-state index in [4.69, 9.17) is 9.05 Å². The lowest BCUT2D eigenvalue weighted by molar-refractivity contribution is -0.149. The van der Waals surface area contributed by atoms with Gasteiger partial charge in [-0.1, -0.05) is 11.2 Å². The summed E-state index contributed by atoms with van der Waals surface area (Å²) in [5, 5.41) is 12.4. The van der Waals surface area contributed by atoms with E-state index in [1.165, 1.54) is 0 Å². The summed E-state index contributed by atoms with van der Waals surface area (Å²) in [6.45, 7) is -0.609. The number of oxazole rings is 1. The van der Waals surface area contributed by atoms with Crippen molar-refractivity contribution < 1.29 is 40.6 Å². The molecule has 0 unspecified atom stereocenters. The molecule has 1 aliphatic heterocycles. The van der Waals surface area contributed by atoms with Gasteiger partial charge in [0.1, 0.15) is 23.3 Å². The van der Waals surface area contributed by atoms with Crippen LogP contribution < -0.4 is 10.6 Å². The Morgan fingerprint density at radius 2 is 1.93 bits per heavy atom. The van der Waals surface area contributed by atoms with Crippen LogP contribution in [0.4, 0.5) is 26.7 Å². The van der Waals surface area contributed by atoms with Gasteiger partial charge in [-0.05, 0) is 54.5 Å². The summed E-state index contributed by atoms with van der Waals surface area (Å²) in [6, 6.07) is 1.13. The number of alkyl halides is 5. The Hall–Kier alpha value is -3.78. The maximum atomic E-state index is 13.9. The first-order valence-electron chi connectivity index (χ1n) is 13.0. The number of aromatic nitrogens is 3. The normalized spacial score (nSPS) is 22.5. The van der Waals surface area contributed by atoms with Crippen LogP contribution in [0.1, 0.15) is 78.1 Å². The summed E-state index contributed by atoms with van der Waals surface area (Å²) in [5.41, 5.74) is 1.69. The summed E-state index contributed by atoms with van der Waals surface area (Å²) in [6.07, 6.45) is -3.27. The van der Waals surface area contributed by atoms with Gasteiger partial charge in [-0.3, -0.25) is 4.79 Å². The molecule has 3 aromatic rings. The van der Waals surface area contributed by atoms with Gasteiger partial charge >= 0.3 is 12.2 Å². The topological polar surface area (TPSA) is 126 Å².